The van der Waals surface area contributed by atoms with Gasteiger partial charge >= 0.3 is 0 Å². The van der Waals surface area contributed by atoms with Gasteiger partial charge in [0.15, 0.2) is 6.29 Å². The molecule has 0 saturated carbocycles. The molecule has 0 bridgehead atoms. The highest BCUT2D eigenvalue weighted by Crippen LogP contribution is 2.25. The Bertz CT molecular complexity index is 436. The van der Waals surface area contributed by atoms with Gasteiger partial charge in [0, 0.05) is 30.4 Å². The van der Waals surface area contributed by atoms with Crippen molar-refractivity contribution in [3.8, 4) is 0 Å². The van der Waals surface area contributed by atoms with E-state index in [1.54, 1.807) is 6.07 Å². The zero-order valence-corrected chi connectivity index (χ0v) is 11.7. The molecule has 1 fully saturated rings. The third-order valence-electron chi connectivity index (χ3n) is 3.49. The molecule has 0 N–H and O–H groups in total. The molecule has 0 aliphatic carbocycles. The first-order valence-electron chi connectivity index (χ1n) is 6.31. The highest BCUT2D eigenvalue weighted by atomic mass is 35.5. The molecule has 1 saturated heterocycles. The maximum absolute atomic E-state index is 10.8. The number of hydrogen-bond acceptors (Lipinski definition) is 3. The highest BCUT2D eigenvalue weighted by Gasteiger charge is 2.20. The van der Waals surface area contributed by atoms with E-state index in [0.717, 1.165) is 38.0 Å². The summed E-state index contributed by atoms with van der Waals surface area (Å²) in [5, 5.41) is 0.535. The largest absolute Gasteiger partial charge is 0.367 e. The Kier molecular flexibility index (Phi) is 4.25. The molecule has 0 aromatic heterocycles. The van der Waals surface area contributed by atoms with Crippen molar-refractivity contribution >= 4 is 23.6 Å². The first-order chi connectivity index (χ1) is 8.61. The first kappa shape index (κ1) is 13.4. The number of rotatable bonds is 2. The monoisotopic (exact) mass is 266 g/mol. The Labute approximate surface area is 113 Å². The number of likely N-dealkylation sites (N-methyl/N-ethyl adjacent to an activating group) is 1. The predicted octanol–water partition coefficient (Wildman–Crippen LogP) is 2.68. The molecule has 0 amide bonds. The molecule has 3 nitrogen and oxygen atoms in total. The van der Waals surface area contributed by atoms with E-state index in [0.29, 0.717) is 16.6 Å². The fraction of sp³-hybridized carbons (Fsp3) is 0.500. The van der Waals surface area contributed by atoms with Crippen LogP contribution in [0.1, 0.15) is 23.7 Å². The van der Waals surface area contributed by atoms with Crippen molar-refractivity contribution in [2.75, 3.05) is 31.6 Å². The molecule has 18 heavy (non-hydrogen) atoms. The Hall–Kier alpha value is -1.06. The van der Waals surface area contributed by atoms with E-state index < -0.39 is 0 Å². The lowest BCUT2D eigenvalue weighted by molar-refractivity contribution is 0.112. The molecule has 0 radical (unpaired) electrons. The van der Waals surface area contributed by atoms with Crippen LogP contribution in [0.4, 0.5) is 5.69 Å². The van der Waals surface area contributed by atoms with Crippen LogP contribution >= 0.6 is 11.6 Å². The van der Waals surface area contributed by atoms with E-state index in [1.165, 1.54) is 0 Å². The van der Waals surface area contributed by atoms with Gasteiger partial charge in [0.2, 0.25) is 0 Å². The molecular weight excluding hydrogens is 248 g/mol. The molecule has 1 unspecified atom stereocenters. The zero-order valence-electron chi connectivity index (χ0n) is 10.9. The lowest BCUT2D eigenvalue weighted by Gasteiger charge is -2.30. The SMILES string of the molecule is CC1CN(C)CCCN1c1ccc(C=O)c(Cl)c1. The Morgan fingerprint density at radius 1 is 1.39 bits per heavy atom. The number of benzene rings is 1. The Morgan fingerprint density at radius 2 is 2.17 bits per heavy atom. The van der Waals surface area contributed by atoms with Gasteiger partial charge in [-0.15, -0.1) is 0 Å². The number of anilines is 1. The van der Waals surface area contributed by atoms with Crippen molar-refractivity contribution < 1.29 is 4.79 Å². The molecule has 1 heterocycles. The van der Waals surface area contributed by atoms with Crippen LogP contribution in [0.25, 0.3) is 0 Å². The van der Waals surface area contributed by atoms with Gasteiger partial charge in [-0.25, -0.2) is 0 Å². The number of halogens is 1. The third-order valence-corrected chi connectivity index (χ3v) is 3.82. The summed E-state index contributed by atoms with van der Waals surface area (Å²) < 4.78 is 0. The Balaban J connectivity index is 2.24. The predicted molar refractivity (Wildman–Crippen MR) is 75.8 cm³/mol. The molecule has 1 atom stereocenters. The summed E-state index contributed by atoms with van der Waals surface area (Å²) in [6.07, 6.45) is 1.94. The van der Waals surface area contributed by atoms with Gasteiger partial charge in [0.1, 0.15) is 0 Å². The topological polar surface area (TPSA) is 23.6 Å². The number of aldehydes is 1. The summed E-state index contributed by atoms with van der Waals surface area (Å²) in [6.45, 7) is 5.43. The maximum Gasteiger partial charge on any atom is 0.151 e. The van der Waals surface area contributed by atoms with E-state index >= 15 is 0 Å². The van der Waals surface area contributed by atoms with Crippen molar-refractivity contribution in [1.82, 2.24) is 4.90 Å². The number of nitrogens with zero attached hydrogens (tertiary/aromatic N) is 2. The molecule has 1 aromatic carbocycles. The van der Waals surface area contributed by atoms with Crippen LogP contribution in [0.5, 0.6) is 0 Å². The van der Waals surface area contributed by atoms with Crippen LogP contribution in [0.15, 0.2) is 18.2 Å². The lowest BCUT2D eigenvalue weighted by atomic mass is 10.1. The minimum atomic E-state index is 0.454. The summed E-state index contributed by atoms with van der Waals surface area (Å²) in [5.74, 6) is 0. The summed E-state index contributed by atoms with van der Waals surface area (Å²) in [5.41, 5.74) is 1.66. The van der Waals surface area contributed by atoms with Gasteiger partial charge in [-0.3, -0.25) is 4.79 Å². The van der Waals surface area contributed by atoms with Gasteiger partial charge in [0.25, 0.3) is 0 Å². The lowest BCUT2D eigenvalue weighted by Crippen LogP contribution is -2.37. The standard InChI is InChI=1S/C14H19ClN2O/c1-11-9-16(2)6-3-7-17(11)13-5-4-12(10-18)14(15)8-13/h4-5,8,10-11H,3,6-7,9H2,1-2H3. The van der Waals surface area contributed by atoms with Crippen molar-refractivity contribution in [2.24, 2.45) is 0 Å². The molecule has 1 aromatic rings. The number of hydrogen-bond donors (Lipinski definition) is 0. The van der Waals surface area contributed by atoms with Crippen molar-refractivity contribution in [2.45, 2.75) is 19.4 Å². The molecule has 1 aliphatic heterocycles. The van der Waals surface area contributed by atoms with Gasteiger partial charge in [-0.1, -0.05) is 11.6 Å². The summed E-state index contributed by atoms with van der Waals surface area (Å²) in [7, 11) is 2.16. The number of carbonyl (C=O) groups excluding carboxylic acids is 1. The second-order valence-corrected chi connectivity index (χ2v) is 5.39. The third kappa shape index (κ3) is 2.85. The van der Waals surface area contributed by atoms with E-state index in [-0.39, 0.29) is 0 Å². The van der Waals surface area contributed by atoms with Crippen LogP contribution in [-0.4, -0.2) is 43.9 Å². The van der Waals surface area contributed by atoms with Crippen LogP contribution in [-0.2, 0) is 0 Å². The van der Waals surface area contributed by atoms with Crippen molar-refractivity contribution in [1.29, 1.82) is 0 Å². The molecular formula is C14H19ClN2O. The zero-order chi connectivity index (χ0) is 13.1. The van der Waals surface area contributed by atoms with Gasteiger partial charge < -0.3 is 9.80 Å². The Morgan fingerprint density at radius 3 is 2.83 bits per heavy atom. The van der Waals surface area contributed by atoms with Crippen LogP contribution in [0.3, 0.4) is 0 Å². The van der Waals surface area contributed by atoms with Gasteiger partial charge in [-0.05, 0) is 45.1 Å². The molecule has 4 heteroatoms. The van der Waals surface area contributed by atoms with Crippen LogP contribution in [0, 0.1) is 0 Å². The van der Waals surface area contributed by atoms with E-state index in [1.807, 2.05) is 12.1 Å². The second kappa shape index (κ2) is 5.72. The summed E-state index contributed by atoms with van der Waals surface area (Å²) in [6, 6.07) is 6.13. The first-order valence-corrected chi connectivity index (χ1v) is 6.69. The van der Waals surface area contributed by atoms with E-state index in [9.17, 15) is 4.79 Å². The number of carbonyl (C=O) groups is 1. The second-order valence-electron chi connectivity index (χ2n) is 4.98. The maximum atomic E-state index is 10.8. The molecule has 1 aliphatic rings. The highest BCUT2D eigenvalue weighted by molar-refractivity contribution is 6.33. The quantitative estimate of drug-likeness (QED) is 0.769. The van der Waals surface area contributed by atoms with Crippen molar-refractivity contribution in [3.63, 3.8) is 0 Å². The molecule has 2 rings (SSSR count). The average Bonchev–Trinajstić information content (AvgIpc) is 2.50. The smallest absolute Gasteiger partial charge is 0.151 e. The minimum Gasteiger partial charge on any atom is -0.367 e. The minimum absolute atomic E-state index is 0.454. The van der Waals surface area contributed by atoms with Crippen LogP contribution in [0.2, 0.25) is 5.02 Å². The van der Waals surface area contributed by atoms with Crippen LogP contribution < -0.4 is 4.90 Å². The summed E-state index contributed by atoms with van der Waals surface area (Å²) in [4.78, 5) is 15.5. The summed E-state index contributed by atoms with van der Waals surface area (Å²) >= 11 is 6.10. The fourth-order valence-corrected chi connectivity index (χ4v) is 2.77. The molecule has 98 valence electrons. The normalized spacial score (nSPS) is 21.7. The van der Waals surface area contributed by atoms with E-state index in [2.05, 4.69) is 23.8 Å². The average molecular weight is 267 g/mol. The van der Waals surface area contributed by atoms with Crippen molar-refractivity contribution in [3.05, 3.63) is 28.8 Å². The fourth-order valence-electron chi connectivity index (χ4n) is 2.55. The van der Waals surface area contributed by atoms with Gasteiger partial charge in [0.05, 0.1) is 5.02 Å². The van der Waals surface area contributed by atoms with Gasteiger partial charge in [-0.2, -0.15) is 0 Å². The molecule has 0 spiro atoms. The van der Waals surface area contributed by atoms with E-state index in [4.69, 9.17) is 11.6 Å².